The third-order valence-electron chi connectivity index (χ3n) is 4.14. The van der Waals surface area contributed by atoms with Gasteiger partial charge >= 0.3 is 0 Å². The third kappa shape index (κ3) is 3.33. The van der Waals surface area contributed by atoms with Crippen LogP contribution in [-0.2, 0) is 14.8 Å². The van der Waals surface area contributed by atoms with E-state index in [1.807, 2.05) is 19.1 Å². The molecule has 5 nitrogen and oxygen atoms in total. The van der Waals surface area contributed by atoms with Crippen LogP contribution in [0.15, 0.2) is 23.1 Å². The molecule has 122 valence electrons. The highest BCUT2D eigenvalue weighted by molar-refractivity contribution is 7.89. The number of piperidine rings is 1. The van der Waals surface area contributed by atoms with Crippen molar-refractivity contribution in [3.63, 3.8) is 0 Å². The van der Waals surface area contributed by atoms with Gasteiger partial charge < -0.3 is 4.90 Å². The molecule has 0 aliphatic carbocycles. The zero-order valence-electron chi connectivity index (χ0n) is 13.7. The molecule has 1 fully saturated rings. The molecule has 1 aliphatic rings. The van der Waals surface area contributed by atoms with E-state index in [0.717, 1.165) is 17.5 Å². The lowest BCUT2D eigenvalue weighted by Gasteiger charge is -2.32. The summed E-state index contributed by atoms with van der Waals surface area (Å²) in [6.45, 7) is 4.44. The van der Waals surface area contributed by atoms with Crippen LogP contribution in [0.25, 0.3) is 0 Å². The maximum Gasteiger partial charge on any atom is 0.243 e. The Bertz CT molecular complexity index is 668. The minimum atomic E-state index is -3.54. The van der Waals surface area contributed by atoms with Crippen LogP contribution in [0.1, 0.15) is 24.0 Å². The number of amides is 1. The second-order valence-corrected chi connectivity index (χ2v) is 8.11. The van der Waals surface area contributed by atoms with Gasteiger partial charge in [0.25, 0.3) is 0 Å². The molecule has 0 bridgehead atoms. The van der Waals surface area contributed by atoms with E-state index in [9.17, 15) is 13.2 Å². The van der Waals surface area contributed by atoms with Crippen LogP contribution in [0.3, 0.4) is 0 Å². The highest BCUT2D eigenvalue weighted by atomic mass is 32.2. The van der Waals surface area contributed by atoms with Gasteiger partial charge in [0.1, 0.15) is 0 Å². The Balaban J connectivity index is 2.29. The Hall–Kier alpha value is -1.40. The maximum absolute atomic E-state index is 12.9. The lowest BCUT2D eigenvalue weighted by molar-refractivity contribution is -0.134. The number of carbonyl (C=O) groups excluding carboxylic acids is 1. The van der Waals surface area contributed by atoms with Crippen molar-refractivity contribution >= 4 is 15.9 Å². The number of hydrogen-bond donors (Lipinski definition) is 0. The van der Waals surface area contributed by atoms with Crippen LogP contribution < -0.4 is 0 Å². The molecule has 2 rings (SSSR count). The molecule has 1 atom stereocenters. The Kier molecular flexibility index (Phi) is 4.92. The summed E-state index contributed by atoms with van der Waals surface area (Å²) in [5.74, 6) is -0.246. The van der Waals surface area contributed by atoms with E-state index in [-0.39, 0.29) is 18.4 Å². The van der Waals surface area contributed by atoms with Crippen molar-refractivity contribution in [2.45, 2.75) is 31.6 Å². The first-order valence-electron chi connectivity index (χ1n) is 7.52. The Labute approximate surface area is 133 Å². The fourth-order valence-corrected chi connectivity index (χ4v) is 4.69. The van der Waals surface area contributed by atoms with E-state index in [4.69, 9.17) is 0 Å². The summed E-state index contributed by atoms with van der Waals surface area (Å²) in [6.07, 6.45) is 1.46. The second-order valence-electron chi connectivity index (χ2n) is 6.20. The van der Waals surface area contributed by atoms with Gasteiger partial charge in [-0.15, -0.1) is 0 Å². The van der Waals surface area contributed by atoms with Crippen molar-refractivity contribution in [3.05, 3.63) is 29.3 Å². The molecule has 0 aromatic heterocycles. The van der Waals surface area contributed by atoms with Crippen molar-refractivity contribution in [2.75, 3.05) is 27.2 Å². The number of nitrogens with zero attached hydrogens (tertiary/aromatic N) is 2. The molecule has 6 heteroatoms. The van der Waals surface area contributed by atoms with Crippen molar-refractivity contribution in [2.24, 2.45) is 5.92 Å². The van der Waals surface area contributed by atoms with Gasteiger partial charge in [-0.05, 0) is 43.9 Å². The lowest BCUT2D eigenvalue weighted by atomic mass is 9.98. The molecule has 1 saturated heterocycles. The second kappa shape index (κ2) is 6.38. The Morgan fingerprint density at radius 1 is 1.27 bits per heavy atom. The van der Waals surface area contributed by atoms with Crippen LogP contribution in [0.2, 0.25) is 0 Å². The van der Waals surface area contributed by atoms with E-state index in [1.54, 1.807) is 32.0 Å². The molecule has 0 saturated carbocycles. The average Bonchev–Trinajstić information content (AvgIpc) is 2.48. The number of hydrogen-bond acceptors (Lipinski definition) is 3. The number of aryl methyl sites for hydroxylation is 2. The van der Waals surface area contributed by atoms with Crippen molar-refractivity contribution in [3.8, 4) is 0 Å². The molecule has 1 aliphatic heterocycles. The summed E-state index contributed by atoms with van der Waals surface area (Å²) in [7, 11) is -0.127. The average molecular weight is 324 g/mol. The largest absolute Gasteiger partial charge is 0.349 e. The Morgan fingerprint density at radius 3 is 2.59 bits per heavy atom. The smallest absolute Gasteiger partial charge is 0.243 e. The number of benzene rings is 1. The van der Waals surface area contributed by atoms with Crippen molar-refractivity contribution in [1.82, 2.24) is 9.21 Å². The summed E-state index contributed by atoms with van der Waals surface area (Å²) in [4.78, 5) is 14.0. The molecular formula is C16H24N2O3S. The molecule has 1 amide bonds. The first kappa shape index (κ1) is 17.0. The van der Waals surface area contributed by atoms with Gasteiger partial charge in [0.2, 0.25) is 15.9 Å². The standard InChI is InChI=1S/C16H24N2O3S/c1-12-7-8-13(2)15(10-12)22(20,21)18-9-5-6-14(11-18)16(19)17(3)4/h7-8,10,14H,5-6,9,11H2,1-4H3/t14-/m1/s1. The molecule has 1 aromatic rings. The highest BCUT2D eigenvalue weighted by Gasteiger charge is 2.34. The van der Waals surface area contributed by atoms with Gasteiger partial charge in [-0.2, -0.15) is 4.31 Å². The molecule has 0 N–H and O–H groups in total. The molecule has 1 aromatic carbocycles. The van der Waals surface area contributed by atoms with Crippen molar-refractivity contribution < 1.29 is 13.2 Å². The SMILES string of the molecule is Cc1ccc(C)c(S(=O)(=O)N2CCC[C@@H](C(=O)N(C)C)C2)c1. The summed E-state index contributed by atoms with van der Waals surface area (Å²) in [5, 5.41) is 0. The highest BCUT2D eigenvalue weighted by Crippen LogP contribution is 2.27. The predicted molar refractivity (Wildman–Crippen MR) is 86.1 cm³/mol. The van der Waals surface area contributed by atoms with Crippen LogP contribution in [0, 0.1) is 19.8 Å². The van der Waals surface area contributed by atoms with E-state index in [2.05, 4.69) is 0 Å². The van der Waals surface area contributed by atoms with E-state index < -0.39 is 10.0 Å². The molecule has 0 radical (unpaired) electrons. The molecule has 0 spiro atoms. The summed E-state index contributed by atoms with van der Waals surface area (Å²) in [5.41, 5.74) is 1.66. The first-order valence-corrected chi connectivity index (χ1v) is 8.96. The van der Waals surface area contributed by atoms with Crippen LogP contribution in [-0.4, -0.2) is 50.7 Å². The quantitative estimate of drug-likeness (QED) is 0.852. The molecular weight excluding hydrogens is 300 g/mol. The fraction of sp³-hybridized carbons (Fsp3) is 0.562. The number of carbonyl (C=O) groups is 1. The molecule has 1 heterocycles. The topological polar surface area (TPSA) is 57.7 Å². The van der Waals surface area contributed by atoms with Crippen LogP contribution in [0.4, 0.5) is 0 Å². The van der Waals surface area contributed by atoms with Gasteiger partial charge in [0.15, 0.2) is 0 Å². The van der Waals surface area contributed by atoms with E-state index in [1.165, 1.54) is 4.31 Å². The monoisotopic (exact) mass is 324 g/mol. The predicted octanol–water partition coefficient (Wildman–Crippen LogP) is 1.79. The molecule has 22 heavy (non-hydrogen) atoms. The summed E-state index contributed by atoms with van der Waals surface area (Å²) < 4.78 is 27.3. The van der Waals surface area contributed by atoms with Gasteiger partial charge in [0.05, 0.1) is 10.8 Å². The summed E-state index contributed by atoms with van der Waals surface area (Å²) >= 11 is 0. The van der Waals surface area contributed by atoms with Gasteiger partial charge in [-0.3, -0.25) is 4.79 Å². The zero-order valence-corrected chi connectivity index (χ0v) is 14.5. The van der Waals surface area contributed by atoms with E-state index in [0.29, 0.717) is 17.9 Å². The van der Waals surface area contributed by atoms with Crippen LogP contribution >= 0.6 is 0 Å². The van der Waals surface area contributed by atoms with Crippen molar-refractivity contribution in [1.29, 1.82) is 0 Å². The Morgan fingerprint density at radius 2 is 1.95 bits per heavy atom. The summed E-state index contributed by atoms with van der Waals surface area (Å²) in [6, 6.07) is 5.44. The number of sulfonamides is 1. The first-order chi connectivity index (χ1) is 10.2. The zero-order chi connectivity index (χ0) is 16.5. The number of rotatable bonds is 3. The van der Waals surface area contributed by atoms with Gasteiger partial charge in [0, 0.05) is 27.2 Å². The fourth-order valence-electron chi connectivity index (χ4n) is 2.85. The normalized spacial score (nSPS) is 19.9. The minimum absolute atomic E-state index is 0.000800. The van der Waals surface area contributed by atoms with E-state index >= 15 is 0 Å². The maximum atomic E-state index is 12.9. The lowest BCUT2D eigenvalue weighted by Crippen LogP contribution is -2.45. The van der Waals surface area contributed by atoms with Gasteiger partial charge in [-0.25, -0.2) is 8.42 Å². The van der Waals surface area contributed by atoms with Gasteiger partial charge in [-0.1, -0.05) is 12.1 Å². The minimum Gasteiger partial charge on any atom is -0.349 e. The third-order valence-corrected chi connectivity index (χ3v) is 6.14. The molecule has 0 unspecified atom stereocenters. The van der Waals surface area contributed by atoms with Crippen LogP contribution in [0.5, 0.6) is 0 Å².